The van der Waals surface area contributed by atoms with Gasteiger partial charge in [0.25, 0.3) is 5.91 Å². The number of hydrogen-bond acceptors (Lipinski definition) is 3. The number of anilines is 2. The fraction of sp³-hybridized carbons (Fsp3) is 0.333. The van der Waals surface area contributed by atoms with Crippen molar-refractivity contribution in [3.05, 3.63) is 53.9 Å². The first-order chi connectivity index (χ1) is 10.6. The van der Waals surface area contributed by atoms with Crippen molar-refractivity contribution in [2.24, 2.45) is 5.92 Å². The lowest BCUT2D eigenvalue weighted by Gasteiger charge is -2.11. The van der Waals surface area contributed by atoms with Crippen molar-refractivity contribution < 1.29 is 4.79 Å². The van der Waals surface area contributed by atoms with E-state index in [9.17, 15) is 4.79 Å². The Morgan fingerprint density at radius 3 is 2.59 bits per heavy atom. The zero-order valence-electron chi connectivity index (χ0n) is 13.4. The van der Waals surface area contributed by atoms with Crippen LogP contribution in [-0.2, 0) is 6.42 Å². The van der Waals surface area contributed by atoms with Crippen LogP contribution in [0, 0.1) is 5.92 Å². The molecule has 0 aliphatic rings. The lowest BCUT2D eigenvalue weighted by atomic mass is 10.1. The fourth-order valence-electron chi connectivity index (χ4n) is 2.10. The van der Waals surface area contributed by atoms with Crippen LogP contribution in [0.2, 0.25) is 0 Å². The first kappa shape index (κ1) is 16.0. The lowest BCUT2D eigenvalue weighted by molar-refractivity contribution is 0.0944. The number of rotatable bonds is 6. The van der Waals surface area contributed by atoms with Crippen molar-refractivity contribution in [3.8, 4) is 0 Å². The van der Waals surface area contributed by atoms with Gasteiger partial charge in [-0.15, -0.1) is 0 Å². The number of nitrogens with one attached hydrogen (secondary N) is 2. The van der Waals surface area contributed by atoms with E-state index in [1.54, 1.807) is 12.3 Å². The SMILES string of the molecule is CCc1ccccc1Nc1ccc(C(=O)NCC(C)C)nc1. The summed E-state index contributed by atoms with van der Waals surface area (Å²) >= 11 is 0. The minimum Gasteiger partial charge on any atom is -0.354 e. The van der Waals surface area contributed by atoms with E-state index in [-0.39, 0.29) is 5.91 Å². The molecule has 116 valence electrons. The quantitative estimate of drug-likeness (QED) is 0.853. The smallest absolute Gasteiger partial charge is 0.269 e. The Labute approximate surface area is 132 Å². The van der Waals surface area contributed by atoms with Gasteiger partial charge in [0.2, 0.25) is 0 Å². The van der Waals surface area contributed by atoms with E-state index < -0.39 is 0 Å². The number of nitrogens with zero attached hydrogens (tertiary/aromatic N) is 1. The number of aromatic nitrogens is 1. The largest absolute Gasteiger partial charge is 0.354 e. The van der Waals surface area contributed by atoms with Crippen LogP contribution >= 0.6 is 0 Å². The Balaban J connectivity index is 2.04. The van der Waals surface area contributed by atoms with Crippen LogP contribution in [0.4, 0.5) is 11.4 Å². The summed E-state index contributed by atoms with van der Waals surface area (Å²) in [5.41, 5.74) is 3.64. The molecule has 1 aromatic carbocycles. The molecule has 1 amide bonds. The molecule has 2 N–H and O–H groups in total. The molecule has 0 aliphatic carbocycles. The van der Waals surface area contributed by atoms with Crippen molar-refractivity contribution >= 4 is 17.3 Å². The molecule has 2 rings (SSSR count). The molecule has 0 radical (unpaired) electrons. The zero-order chi connectivity index (χ0) is 15.9. The van der Waals surface area contributed by atoms with E-state index in [4.69, 9.17) is 0 Å². The van der Waals surface area contributed by atoms with Gasteiger partial charge in [0.15, 0.2) is 0 Å². The van der Waals surface area contributed by atoms with Crippen LogP contribution < -0.4 is 10.6 Å². The molecule has 0 atom stereocenters. The Bertz CT molecular complexity index is 620. The topological polar surface area (TPSA) is 54.0 Å². The second-order valence-electron chi connectivity index (χ2n) is 5.67. The molecule has 4 nitrogen and oxygen atoms in total. The molecule has 0 saturated heterocycles. The van der Waals surface area contributed by atoms with Crippen LogP contribution in [0.5, 0.6) is 0 Å². The number of pyridine rings is 1. The van der Waals surface area contributed by atoms with Gasteiger partial charge >= 0.3 is 0 Å². The summed E-state index contributed by atoms with van der Waals surface area (Å²) in [5.74, 6) is 0.296. The third-order valence-corrected chi connectivity index (χ3v) is 3.34. The van der Waals surface area contributed by atoms with Crippen molar-refractivity contribution in [2.45, 2.75) is 27.2 Å². The predicted molar refractivity (Wildman–Crippen MR) is 90.5 cm³/mol. The molecule has 2 aromatic rings. The van der Waals surface area contributed by atoms with Crippen LogP contribution in [-0.4, -0.2) is 17.4 Å². The van der Waals surface area contributed by atoms with E-state index in [1.165, 1.54) is 5.56 Å². The minimum absolute atomic E-state index is 0.130. The maximum absolute atomic E-state index is 11.9. The molecular formula is C18H23N3O. The van der Waals surface area contributed by atoms with Crippen LogP contribution in [0.3, 0.4) is 0 Å². The Morgan fingerprint density at radius 2 is 1.95 bits per heavy atom. The van der Waals surface area contributed by atoms with E-state index in [0.29, 0.717) is 18.2 Å². The molecule has 0 aliphatic heterocycles. The fourth-order valence-corrected chi connectivity index (χ4v) is 2.10. The standard InChI is InChI=1S/C18H23N3O/c1-4-14-7-5-6-8-16(14)21-15-9-10-17(19-12-15)18(22)20-11-13(2)3/h5-10,12-13,21H,4,11H2,1-3H3,(H,20,22). The first-order valence-electron chi connectivity index (χ1n) is 7.69. The maximum atomic E-state index is 11.9. The number of para-hydroxylation sites is 1. The third-order valence-electron chi connectivity index (χ3n) is 3.34. The van der Waals surface area contributed by atoms with Gasteiger partial charge in [-0.3, -0.25) is 4.79 Å². The molecule has 22 heavy (non-hydrogen) atoms. The number of hydrogen-bond donors (Lipinski definition) is 2. The highest BCUT2D eigenvalue weighted by atomic mass is 16.1. The molecule has 0 spiro atoms. The van der Waals surface area contributed by atoms with E-state index in [2.05, 4.69) is 42.5 Å². The average molecular weight is 297 g/mol. The summed E-state index contributed by atoms with van der Waals surface area (Å²) in [7, 11) is 0. The molecule has 0 unspecified atom stereocenters. The second kappa shape index (κ2) is 7.59. The summed E-state index contributed by atoms with van der Waals surface area (Å²) in [6, 6.07) is 11.8. The van der Waals surface area contributed by atoms with Crippen molar-refractivity contribution in [3.63, 3.8) is 0 Å². The van der Waals surface area contributed by atoms with Gasteiger partial charge in [0.05, 0.1) is 11.9 Å². The van der Waals surface area contributed by atoms with Gasteiger partial charge in [0.1, 0.15) is 5.69 Å². The van der Waals surface area contributed by atoms with Crippen LogP contribution in [0.25, 0.3) is 0 Å². The number of aryl methyl sites for hydroxylation is 1. The van der Waals surface area contributed by atoms with Crippen molar-refractivity contribution in [2.75, 3.05) is 11.9 Å². The van der Waals surface area contributed by atoms with E-state index in [1.807, 2.05) is 24.3 Å². The number of benzene rings is 1. The van der Waals surface area contributed by atoms with E-state index >= 15 is 0 Å². The molecule has 0 saturated carbocycles. The summed E-state index contributed by atoms with van der Waals surface area (Å²) in [6.07, 6.45) is 2.66. The summed E-state index contributed by atoms with van der Waals surface area (Å²) in [6.45, 7) is 6.91. The van der Waals surface area contributed by atoms with Crippen molar-refractivity contribution in [1.29, 1.82) is 0 Å². The van der Waals surface area contributed by atoms with Crippen LogP contribution in [0.1, 0.15) is 36.8 Å². The summed E-state index contributed by atoms with van der Waals surface area (Å²) < 4.78 is 0. The third kappa shape index (κ3) is 4.32. The number of amides is 1. The zero-order valence-corrected chi connectivity index (χ0v) is 13.4. The lowest BCUT2D eigenvalue weighted by Crippen LogP contribution is -2.27. The number of carbonyl (C=O) groups is 1. The molecule has 0 bridgehead atoms. The van der Waals surface area contributed by atoms with Crippen LogP contribution in [0.15, 0.2) is 42.6 Å². The van der Waals surface area contributed by atoms with Gasteiger partial charge in [-0.2, -0.15) is 0 Å². The average Bonchev–Trinajstić information content (AvgIpc) is 2.54. The minimum atomic E-state index is -0.130. The molecule has 0 fully saturated rings. The Morgan fingerprint density at radius 1 is 1.18 bits per heavy atom. The summed E-state index contributed by atoms with van der Waals surface area (Å²) in [4.78, 5) is 16.2. The highest BCUT2D eigenvalue weighted by molar-refractivity contribution is 5.92. The normalized spacial score (nSPS) is 10.5. The monoisotopic (exact) mass is 297 g/mol. The Hall–Kier alpha value is -2.36. The molecule has 4 heteroatoms. The highest BCUT2D eigenvalue weighted by Crippen LogP contribution is 2.20. The molecule has 1 aromatic heterocycles. The van der Waals surface area contributed by atoms with Gasteiger partial charge < -0.3 is 10.6 Å². The van der Waals surface area contributed by atoms with E-state index in [0.717, 1.165) is 17.8 Å². The number of carbonyl (C=O) groups excluding carboxylic acids is 1. The predicted octanol–water partition coefficient (Wildman–Crippen LogP) is 3.77. The first-order valence-corrected chi connectivity index (χ1v) is 7.69. The van der Waals surface area contributed by atoms with Gasteiger partial charge in [-0.1, -0.05) is 39.0 Å². The second-order valence-corrected chi connectivity index (χ2v) is 5.67. The van der Waals surface area contributed by atoms with Gasteiger partial charge in [0, 0.05) is 12.2 Å². The maximum Gasteiger partial charge on any atom is 0.269 e. The highest BCUT2D eigenvalue weighted by Gasteiger charge is 2.08. The summed E-state index contributed by atoms with van der Waals surface area (Å²) in [5, 5.41) is 6.21. The van der Waals surface area contributed by atoms with Gasteiger partial charge in [-0.05, 0) is 36.1 Å². The Kier molecular flexibility index (Phi) is 5.53. The van der Waals surface area contributed by atoms with Crippen molar-refractivity contribution in [1.82, 2.24) is 10.3 Å². The van der Waals surface area contributed by atoms with Gasteiger partial charge in [-0.25, -0.2) is 4.98 Å². The molecule has 1 heterocycles. The molecular weight excluding hydrogens is 274 g/mol.